The van der Waals surface area contributed by atoms with E-state index in [1.54, 1.807) is 31.2 Å². The number of carbonyl (C=O) groups excluding carboxylic acids is 3. The lowest BCUT2D eigenvalue weighted by atomic mass is 10.0. The van der Waals surface area contributed by atoms with Gasteiger partial charge in [-0.1, -0.05) is 12.1 Å². The van der Waals surface area contributed by atoms with Gasteiger partial charge in [-0.15, -0.1) is 0 Å². The summed E-state index contributed by atoms with van der Waals surface area (Å²) in [5.74, 6) is -0.754. The molecule has 0 N–H and O–H groups in total. The van der Waals surface area contributed by atoms with Crippen LogP contribution in [0.5, 0.6) is 0 Å². The normalized spacial score (nSPS) is 10.0. The van der Waals surface area contributed by atoms with Crippen LogP contribution in [0.2, 0.25) is 0 Å². The highest BCUT2D eigenvalue weighted by atomic mass is 16.5. The average molecular weight is 292 g/mol. The van der Waals surface area contributed by atoms with Gasteiger partial charge in [0.05, 0.1) is 19.3 Å². The maximum Gasteiger partial charge on any atom is 0.338 e. The first-order chi connectivity index (χ1) is 10.1. The number of esters is 2. The predicted octanol–water partition coefficient (Wildman–Crippen LogP) is 2.78. The van der Waals surface area contributed by atoms with Crippen molar-refractivity contribution in [2.24, 2.45) is 0 Å². The minimum atomic E-state index is -0.433. The van der Waals surface area contributed by atoms with Crippen molar-refractivity contribution in [3.8, 4) is 0 Å². The molecule has 0 heterocycles. The number of methoxy groups -OCH3 is 1. The number of carbonyl (C=O) groups is 3. The molecule has 0 aromatic heterocycles. The summed E-state index contributed by atoms with van der Waals surface area (Å²) in [5.41, 5.74) is 0.857. The van der Waals surface area contributed by atoms with Gasteiger partial charge in [0.2, 0.25) is 0 Å². The van der Waals surface area contributed by atoms with Crippen LogP contribution in [0.15, 0.2) is 24.3 Å². The van der Waals surface area contributed by atoms with E-state index in [0.29, 0.717) is 43.4 Å². The topological polar surface area (TPSA) is 69.7 Å². The van der Waals surface area contributed by atoms with Gasteiger partial charge in [-0.05, 0) is 31.9 Å². The molecule has 0 fully saturated rings. The summed E-state index contributed by atoms with van der Waals surface area (Å²) in [6.07, 6.45) is 1.86. The number of benzene rings is 1. The molecule has 5 nitrogen and oxygen atoms in total. The number of rotatable bonds is 8. The molecule has 0 atom stereocenters. The Kier molecular flexibility index (Phi) is 7.15. The molecule has 0 saturated carbocycles. The molecular formula is C16H20O5. The van der Waals surface area contributed by atoms with Gasteiger partial charge in [-0.3, -0.25) is 9.59 Å². The van der Waals surface area contributed by atoms with Crippen LogP contribution in [0, 0.1) is 0 Å². The van der Waals surface area contributed by atoms with Crippen molar-refractivity contribution < 1.29 is 23.9 Å². The van der Waals surface area contributed by atoms with E-state index in [4.69, 9.17) is 4.74 Å². The van der Waals surface area contributed by atoms with Gasteiger partial charge in [-0.2, -0.15) is 0 Å². The lowest BCUT2D eigenvalue weighted by Crippen LogP contribution is -2.07. The molecule has 1 rings (SSSR count). The quantitative estimate of drug-likeness (QED) is 0.418. The maximum absolute atomic E-state index is 12.0. The molecule has 114 valence electrons. The molecule has 1 aromatic rings. The smallest absolute Gasteiger partial charge is 0.338 e. The van der Waals surface area contributed by atoms with Crippen LogP contribution in [0.25, 0.3) is 0 Å². The molecule has 0 aliphatic rings. The van der Waals surface area contributed by atoms with Crippen LogP contribution in [0.3, 0.4) is 0 Å². The zero-order chi connectivity index (χ0) is 15.7. The third-order valence-corrected chi connectivity index (χ3v) is 2.96. The number of unbranched alkanes of at least 4 members (excludes halogenated alkanes) is 1. The monoisotopic (exact) mass is 292 g/mol. The molecule has 0 bridgehead atoms. The first-order valence-electron chi connectivity index (χ1n) is 6.95. The highest BCUT2D eigenvalue weighted by Gasteiger charge is 2.11. The Morgan fingerprint density at radius 2 is 1.71 bits per heavy atom. The third-order valence-electron chi connectivity index (χ3n) is 2.96. The molecule has 1 aromatic carbocycles. The second-order valence-electron chi connectivity index (χ2n) is 4.51. The van der Waals surface area contributed by atoms with Crippen molar-refractivity contribution in [1.82, 2.24) is 0 Å². The lowest BCUT2D eigenvalue weighted by molar-refractivity contribution is -0.140. The molecule has 0 radical (unpaired) electrons. The van der Waals surface area contributed by atoms with Crippen LogP contribution in [-0.4, -0.2) is 31.4 Å². The van der Waals surface area contributed by atoms with Crippen molar-refractivity contribution in [3.05, 3.63) is 35.4 Å². The predicted molar refractivity (Wildman–Crippen MR) is 77.2 cm³/mol. The van der Waals surface area contributed by atoms with Crippen LogP contribution >= 0.6 is 0 Å². The first-order valence-corrected chi connectivity index (χ1v) is 6.95. The fourth-order valence-electron chi connectivity index (χ4n) is 1.84. The van der Waals surface area contributed by atoms with Gasteiger partial charge in [0.1, 0.15) is 0 Å². The Hall–Kier alpha value is -2.17. The summed E-state index contributed by atoms with van der Waals surface area (Å²) >= 11 is 0. The van der Waals surface area contributed by atoms with Crippen molar-refractivity contribution in [1.29, 1.82) is 0 Å². The summed E-state index contributed by atoms with van der Waals surface area (Å²) < 4.78 is 9.43. The van der Waals surface area contributed by atoms with Crippen molar-refractivity contribution in [2.75, 3.05) is 13.7 Å². The molecule has 0 unspecified atom stereocenters. The Bertz CT molecular complexity index is 507. The van der Waals surface area contributed by atoms with Gasteiger partial charge in [0.15, 0.2) is 5.78 Å². The Morgan fingerprint density at radius 3 is 2.38 bits per heavy atom. The van der Waals surface area contributed by atoms with Crippen molar-refractivity contribution in [2.45, 2.75) is 32.6 Å². The minimum Gasteiger partial charge on any atom is -0.469 e. The highest BCUT2D eigenvalue weighted by molar-refractivity contribution is 5.99. The summed E-state index contributed by atoms with van der Waals surface area (Å²) in [4.78, 5) is 34.6. The van der Waals surface area contributed by atoms with Gasteiger partial charge in [0, 0.05) is 18.4 Å². The van der Waals surface area contributed by atoms with Gasteiger partial charge in [-0.25, -0.2) is 4.79 Å². The van der Waals surface area contributed by atoms with E-state index in [0.717, 1.165) is 0 Å². The van der Waals surface area contributed by atoms with Gasteiger partial charge in [0.25, 0.3) is 0 Å². The number of ketones is 1. The van der Waals surface area contributed by atoms with E-state index < -0.39 is 5.97 Å². The van der Waals surface area contributed by atoms with E-state index >= 15 is 0 Å². The van der Waals surface area contributed by atoms with Gasteiger partial charge < -0.3 is 9.47 Å². The van der Waals surface area contributed by atoms with E-state index in [1.165, 1.54) is 7.11 Å². The Labute approximate surface area is 124 Å². The van der Waals surface area contributed by atoms with Crippen LogP contribution in [0.4, 0.5) is 0 Å². The standard InChI is InChI=1S/C16H20O5/c1-3-21-16(19)13-8-6-7-12(11-13)14(17)9-4-5-10-15(18)20-2/h6-8,11H,3-5,9-10H2,1-2H3. The molecule has 5 heteroatoms. The van der Waals surface area contributed by atoms with Crippen LogP contribution in [0.1, 0.15) is 53.3 Å². The minimum absolute atomic E-state index is 0.0500. The first kappa shape index (κ1) is 16.9. The second kappa shape index (κ2) is 8.89. The van der Waals surface area contributed by atoms with Gasteiger partial charge >= 0.3 is 11.9 Å². The largest absolute Gasteiger partial charge is 0.469 e. The summed E-state index contributed by atoms with van der Waals surface area (Å²) in [7, 11) is 1.34. The summed E-state index contributed by atoms with van der Waals surface area (Å²) in [6.45, 7) is 2.03. The lowest BCUT2D eigenvalue weighted by Gasteiger charge is -2.05. The van der Waals surface area contributed by atoms with Crippen LogP contribution in [-0.2, 0) is 14.3 Å². The van der Waals surface area contributed by atoms with E-state index in [2.05, 4.69) is 4.74 Å². The number of hydrogen-bond acceptors (Lipinski definition) is 5. The Balaban J connectivity index is 2.52. The highest BCUT2D eigenvalue weighted by Crippen LogP contribution is 2.12. The SMILES string of the molecule is CCOC(=O)c1cccc(C(=O)CCCCC(=O)OC)c1. The van der Waals surface area contributed by atoms with Crippen molar-refractivity contribution >= 4 is 17.7 Å². The number of ether oxygens (including phenoxy) is 2. The van der Waals surface area contributed by atoms with Crippen molar-refractivity contribution in [3.63, 3.8) is 0 Å². The third kappa shape index (κ3) is 5.77. The second-order valence-corrected chi connectivity index (χ2v) is 4.51. The zero-order valence-electron chi connectivity index (χ0n) is 12.4. The maximum atomic E-state index is 12.0. The molecule has 0 aliphatic carbocycles. The molecule has 21 heavy (non-hydrogen) atoms. The molecule has 0 saturated heterocycles. The average Bonchev–Trinajstić information content (AvgIpc) is 2.51. The fourth-order valence-corrected chi connectivity index (χ4v) is 1.84. The molecule has 0 aliphatic heterocycles. The zero-order valence-corrected chi connectivity index (χ0v) is 12.4. The van der Waals surface area contributed by atoms with Crippen LogP contribution < -0.4 is 0 Å². The van der Waals surface area contributed by atoms with E-state index in [-0.39, 0.29) is 11.8 Å². The van der Waals surface area contributed by atoms with E-state index in [9.17, 15) is 14.4 Å². The summed E-state index contributed by atoms with van der Waals surface area (Å²) in [6, 6.07) is 6.49. The molecule has 0 spiro atoms. The number of hydrogen-bond donors (Lipinski definition) is 0. The fraction of sp³-hybridized carbons (Fsp3) is 0.438. The van der Waals surface area contributed by atoms with E-state index in [1.807, 2.05) is 0 Å². The Morgan fingerprint density at radius 1 is 1.05 bits per heavy atom. The number of Topliss-reactive ketones (excluding diaryl/α,β-unsaturated/α-hetero) is 1. The molecular weight excluding hydrogens is 272 g/mol. The molecule has 0 amide bonds. The summed E-state index contributed by atoms with van der Waals surface area (Å²) in [5, 5.41) is 0.